The van der Waals surface area contributed by atoms with Crippen LogP contribution in [0.4, 0.5) is 6.01 Å². The molecule has 1 N–H and O–H groups in total. The van der Waals surface area contributed by atoms with Gasteiger partial charge in [0.05, 0.1) is 14.2 Å². The van der Waals surface area contributed by atoms with E-state index >= 15 is 0 Å². The molecule has 8 nitrogen and oxygen atoms in total. The second kappa shape index (κ2) is 6.78. The van der Waals surface area contributed by atoms with E-state index < -0.39 is 5.91 Å². The van der Waals surface area contributed by atoms with Crippen molar-refractivity contribution in [3.63, 3.8) is 0 Å². The SMILES string of the molecule is COc1cccc(OC)c1C(=O)Nc1nnc(-c2ccncc2)o1. The zero-order chi connectivity index (χ0) is 16.9. The van der Waals surface area contributed by atoms with Gasteiger partial charge in [0.15, 0.2) is 0 Å². The van der Waals surface area contributed by atoms with E-state index in [9.17, 15) is 4.79 Å². The van der Waals surface area contributed by atoms with Crippen molar-refractivity contribution in [2.75, 3.05) is 19.5 Å². The number of pyridine rings is 1. The normalized spacial score (nSPS) is 10.2. The van der Waals surface area contributed by atoms with Crippen molar-refractivity contribution in [2.45, 2.75) is 0 Å². The van der Waals surface area contributed by atoms with Gasteiger partial charge in [-0.15, -0.1) is 5.10 Å². The summed E-state index contributed by atoms with van der Waals surface area (Å²) in [5.74, 6) is 0.551. The van der Waals surface area contributed by atoms with Crippen molar-refractivity contribution in [1.82, 2.24) is 15.2 Å². The third-order valence-corrected chi connectivity index (χ3v) is 3.23. The average Bonchev–Trinajstić information content (AvgIpc) is 3.10. The van der Waals surface area contributed by atoms with Crippen LogP contribution >= 0.6 is 0 Å². The van der Waals surface area contributed by atoms with Gasteiger partial charge in [0.25, 0.3) is 5.91 Å². The topological polar surface area (TPSA) is 99.4 Å². The highest BCUT2D eigenvalue weighted by Crippen LogP contribution is 2.29. The van der Waals surface area contributed by atoms with Crippen molar-refractivity contribution in [3.8, 4) is 23.0 Å². The van der Waals surface area contributed by atoms with E-state index in [-0.39, 0.29) is 17.5 Å². The van der Waals surface area contributed by atoms with Crippen molar-refractivity contribution >= 4 is 11.9 Å². The summed E-state index contributed by atoms with van der Waals surface area (Å²) in [6, 6.07) is 8.47. The summed E-state index contributed by atoms with van der Waals surface area (Å²) >= 11 is 0. The van der Waals surface area contributed by atoms with Gasteiger partial charge in [-0.2, -0.15) is 0 Å². The maximum atomic E-state index is 12.5. The fourth-order valence-electron chi connectivity index (χ4n) is 2.12. The van der Waals surface area contributed by atoms with Crippen LogP contribution in [-0.2, 0) is 0 Å². The van der Waals surface area contributed by atoms with Gasteiger partial charge in [0.1, 0.15) is 17.1 Å². The average molecular weight is 326 g/mol. The highest BCUT2D eigenvalue weighted by Gasteiger charge is 2.20. The Morgan fingerprint density at radius 1 is 1.04 bits per heavy atom. The van der Waals surface area contributed by atoms with Crippen LogP contribution in [0.15, 0.2) is 47.1 Å². The lowest BCUT2D eigenvalue weighted by atomic mass is 10.1. The zero-order valence-corrected chi connectivity index (χ0v) is 13.0. The van der Waals surface area contributed by atoms with Crippen LogP contribution < -0.4 is 14.8 Å². The number of ether oxygens (including phenoxy) is 2. The standard InChI is InChI=1S/C16H14N4O4/c1-22-11-4-3-5-12(23-2)13(11)14(21)18-16-20-19-15(24-16)10-6-8-17-9-7-10/h3-9H,1-2H3,(H,18,20,21). The maximum Gasteiger partial charge on any atom is 0.322 e. The molecule has 8 heteroatoms. The number of carbonyl (C=O) groups excluding carboxylic acids is 1. The van der Waals surface area contributed by atoms with Crippen LogP contribution in [0.1, 0.15) is 10.4 Å². The number of anilines is 1. The number of hydrogen-bond acceptors (Lipinski definition) is 7. The monoisotopic (exact) mass is 326 g/mol. The molecule has 0 saturated carbocycles. The number of aromatic nitrogens is 3. The zero-order valence-electron chi connectivity index (χ0n) is 13.0. The van der Waals surface area contributed by atoms with Crippen LogP contribution in [0.2, 0.25) is 0 Å². The van der Waals surface area contributed by atoms with Crippen molar-refractivity contribution < 1.29 is 18.7 Å². The van der Waals surface area contributed by atoms with Gasteiger partial charge in [-0.3, -0.25) is 15.1 Å². The first-order valence-electron chi connectivity index (χ1n) is 6.99. The number of hydrogen-bond donors (Lipinski definition) is 1. The third kappa shape index (κ3) is 3.02. The minimum absolute atomic E-state index is 0.0280. The molecule has 0 unspecified atom stereocenters. The quantitative estimate of drug-likeness (QED) is 0.768. The highest BCUT2D eigenvalue weighted by molar-refractivity contribution is 6.07. The number of nitrogens with zero attached hydrogens (tertiary/aromatic N) is 3. The molecule has 0 atom stereocenters. The summed E-state index contributed by atoms with van der Waals surface area (Å²) < 4.78 is 15.9. The molecule has 3 aromatic rings. The fraction of sp³-hybridized carbons (Fsp3) is 0.125. The second-order valence-corrected chi connectivity index (χ2v) is 4.64. The van der Waals surface area contributed by atoms with E-state index in [1.165, 1.54) is 14.2 Å². The molecule has 0 bridgehead atoms. The Kier molecular flexibility index (Phi) is 4.37. The van der Waals surface area contributed by atoms with Gasteiger partial charge in [0.2, 0.25) is 5.89 Å². The van der Waals surface area contributed by atoms with Crippen molar-refractivity contribution in [1.29, 1.82) is 0 Å². The first-order chi connectivity index (χ1) is 11.7. The molecule has 122 valence electrons. The molecule has 0 spiro atoms. The molecular formula is C16H14N4O4. The summed E-state index contributed by atoms with van der Waals surface area (Å²) in [5, 5.41) is 10.3. The van der Waals surface area contributed by atoms with Gasteiger partial charge >= 0.3 is 6.01 Å². The number of nitrogens with one attached hydrogen (secondary N) is 1. The molecule has 3 rings (SSSR count). The predicted molar refractivity (Wildman–Crippen MR) is 85.0 cm³/mol. The summed E-state index contributed by atoms with van der Waals surface area (Å²) in [6.07, 6.45) is 3.22. The van der Waals surface area contributed by atoms with Crippen LogP contribution in [0, 0.1) is 0 Å². The lowest BCUT2D eigenvalue weighted by molar-refractivity contribution is 0.101. The van der Waals surface area contributed by atoms with Crippen LogP contribution in [-0.4, -0.2) is 35.3 Å². The Balaban J connectivity index is 1.85. The highest BCUT2D eigenvalue weighted by atomic mass is 16.5. The minimum atomic E-state index is -0.478. The first-order valence-corrected chi connectivity index (χ1v) is 6.99. The smallest absolute Gasteiger partial charge is 0.322 e. The van der Waals surface area contributed by atoms with Crippen LogP contribution in [0.25, 0.3) is 11.5 Å². The molecule has 1 aromatic carbocycles. The molecule has 0 fully saturated rings. The molecule has 2 aromatic heterocycles. The number of carbonyl (C=O) groups is 1. The molecule has 0 aliphatic rings. The number of benzene rings is 1. The Morgan fingerprint density at radius 2 is 1.71 bits per heavy atom. The number of methoxy groups -OCH3 is 2. The number of amides is 1. The summed E-state index contributed by atoms with van der Waals surface area (Å²) in [5.41, 5.74) is 0.944. The molecule has 0 aliphatic heterocycles. The van der Waals surface area contributed by atoms with Gasteiger partial charge in [-0.25, -0.2) is 0 Å². The molecule has 1 amide bonds. The summed E-state index contributed by atoms with van der Waals surface area (Å²) in [6.45, 7) is 0. The van der Waals surface area contributed by atoms with Crippen molar-refractivity contribution in [3.05, 3.63) is 48.3 Å². The molecule has 0 saturated heterocycles. The predicted octanol–water partition coefficient (Wildman–Crippen LogP) is 2.40. The maximum absolute atomic E-state index is 12.5. The lowest BCUT2D eigenvalue weighted by Crippen LogP contribution is -2.14. The molecule has 0 radical (unpaired) electrons. The van der Waals surface area contributed by atoms with Gasteiger partial charge in [0, 0.05) is 18.0 Å². The van der Waals surface area contributed by atoms with E-state index in [0.717, 1.165) is 0 Å². The third-order valence-electron chi connectivity index (χ3n) is 3.23. The van der Waals surface area contributed by atoms with E-state index in [1.807, 2.05) is 0 Å². The van der Waals surface area contributed by atoms with Crippen LogP contribution in [0.3, 0.4) is 0 Å². The lowest BCUT2D eigenvalue weighted by Gasteiger charge is -2.11. The fourth-order valence-corrected chi connectivity index (χ4v) is 2.12. The summed E-state index contributed by atoms with van der Waals surface area (Å²) in [4.78, 5) is 16.4. The van der Waals surface area contributed by atoms with E-state index in [2.05, 4.69) is 20.5 Å². The van der Waals surface area contributed by atoms with E-state index in [4.69, 9.17) is 13.9 Å². The van der Waals surface area contributed by atoms with Gasteiger partial charge in [-0.1, -0.05) is 11.2 Å². The van der Waals surface area contributed by atoms with Crippen LogP contribution in [0.5, 0.6) is 11.5 Å². The Labute approximate surface area is 137 Å². The van der Waals surface area contributed by atoms with Gasteiger partial charge in [-0.05, 0) is 24.3 Å². The minimum Gasteiger partial charge on any atom is -0.496 e. The molecular weight excluding hydrogens is 312 g/mol. The molecule has 24 heavy (non-hydrogen) atoms. The second-order valence-electron chi connectivity index (χ2n) is 4.64. The Hall–Kier alpha value is -3.42. The Bertz CT molecular complexity index is 826. The first kappa shape index (κ1) is 15.5. The molecule has 2 heterocycles. The van der Waals surface area contributed by atoms with Crippen molar-refractivity contribution in [2.24, 2.45) is 0 Å². The Morgan fingerprint density at radius 3 is 2.33 bits per heavy atom. The number of rotatable bonds is 5. The van der Waals surface area contributed by atoms with E-state index in [1.54, 1.807) is 42.7 Å². The molecule has 0 aliphatic carbocycles. The summed E-state index contributed by atoms with van der Waals surface area (Å²) in [7, 11) is 2.94. The van der Waals surface area contributed by atoms with Gasteiger partial charge < -0.3 is 13.9 Å². The largest absolute Gasteiger partial charge is 0.496 e. The van der Waals surface area contributed by atoms with E-state index in [0.29, 0.717) is 17.1 Å².